The maximum absolute atomic E-state index is 11.6. The Balaban J connectivity index is 0.000000141. The molecule has 0 spiro atoms. The third-order valence-electron chi connectivity index (χ3n) is 25.0. The summed E-state index contributed by atoms with van der Waals surface area (Å²) in [5, 5.41) is 26.2. The molecule has 0 saturated carbocycles. The Bertz CT molecular complexity index is 6770. The summed E-state index contributed by atoms with van der Waals surface area (Å²) in [6, 6.07) is 47.6. The van der Waals surface area contributed by atoms with Crippen LogP contribution in [0.1, 0.15) is 39.3 Å². The fourth-order valence-corrected chi connectivity index (χ4v) is 20.0. The van der Waals surface area contributed by atoms with E-state index >= 15 is 0 Å². The number of allylic oxidation sites excluding steroid dienone is 2. The van der Waals surface area contributed by atoms with Crippen molar-refractivity contribution in [2.24, 2.45) is 15.0 Å². The molecule has 15 heterocycles. The van der Waals surface area contributed by atoms with Crippen LogP contribution in [-0.4, -0.2) is 281 Å². The summed E-state index contributed by atoms with van der Waals surface area (Å²) in [4.78, 5) is 38.4. The number of hydrogen-bond donors (Lipinski definition) is 0. The van der Waals surface area contributed by atoms with Gasteiger partial charge in [0.2, 0.25) is 23.5 Å². The largest absolute Gasteiger partial charge is 0.439 e. The summed E-state index contributed by atoms with van der Waals surface area (Å²) in [7, 11) is -6.66. The normalized spacial score (nSPS) is 15.4. The van der Waals surface area contributed by atoms with Gasteiger partial charge in [-0.25, -0.2) is 43.3 Å². The van der Waals surface area contributed by atoms with Gasteiger partial charge in [-0.05, 0) is 155 Å². The van der Waals surface area contributed by atoms with Crippen LogP contribution in [0.5, 0.6) is 46.5 Å². The highest BCUT2D eigenvalue weighted by Gasteiger charge is 2.27. The number of aromatic nitrogens is 14. The topological polar surface area (TPSA) is 342 Å². The van der Waals surface area contributed by atoms with Crippen LogP contribution >= 0.6 is 0 Å². The first-order valence-corrected chi connectivity index (χ1v) is 66.7. The van der Waals surface area contributed by atoms with Gasteiger partial charge in [0.1, 0.15) is 63.3 Å². The van der Waals surface area contributed by atoms with Crippen molar-refractivity contribution in [3.63, 3.8) is 0 Å². The van der Waals surface area contributed by atoms with E-state index in [1.54, 1.807) is 36.4 Å². The average Bonchev–Trinajstić information content (AvgIpc) is 1.64. The lowest BCUT2D eigenvalue weighted by Gasteiger charge is -2.26. The molecule has 146 heavy (non-hydrogen) atoms. The van der Waals surface area contributed by atoms with Crippen molar-refractivity contribution in [2.45, 2.75) is 163 Å². The number of pyridine rings is 4. The van der Waals surface area contributed by atoms with Gasteiger partial charge in [-0.1, -0.05) is 78.6 Å². The van der Waals surface area contributed by atoms with Crippen molar-refractivity contribution in [3.05, 3.63) is 222 Å². The standard InChI is InChI=1S/C32H48N6O4Si2.C29H43N5O6SSi2.C23H25N5O3.C22H22N4O2/c1-43(2,3)19-17-40-24-37-30(11-12-34-37)26-7-10-32(33-22-26)42-27-8-9-28-29(23-36-13-15-39-16-14-36)35-38(31(28)21-27)25-41-18-20-44(4,5)6;1-41(35,36)39-20-26-25-10-9-24(18-28(25)34(32-26)22-38-15-17-43(5,6)7)40-29-11-8-23(19-30-29)27-12-13-31-33(27)21-37-14-16-42(2,3)4;1-29-16-28-22-12-19(31-23-5-2-17(14-25-23)18-6-7-24-13-18)3-4-20(22)21(26-28)15-27-8-10-30-11-9-27;1-4-22(25-13-16(1)17-5-6-23-12-17)28-19-2-3-20-18(11-19)14-24-21(20)15-26-7-9-27-10-8-26/h7-12,21-22H,13-20,23-25H2,1-6H3;8-13,18-19H,14-17,20-22H2,1-7H3;2-7,12,14H,8-11,13,15-16H2,1H3;1-6,11,13H,7-10,12,14-15H2. The zero-order valence-electron chi connectivity index (χ0n) is 86.6. The fraction of sp³-hybridized carbons (Fsp3) is 0.434. The molecule has 3 saturated heterocycles. The van der Waals surface area contributed by atoms with Crippen molar-refractivity contribution in [1.82, 2.24) is 83.5 Å². The molecular weight excluding hydrogens is 1940 g/mol. The smallest absolute Gasteiger partial charge is 0.264 e. The Morgan fingerprint density at radius 1 is 0.377 bits per heavy atom. The van der Waals surface area contributed by atoms with Gasteiger partial charge in [0.15, 0.2) is 0 Å². The zero-order chi connectivity index (χ0) is 102. The summed E-state index contributed by atoms with van der Waals surface area (Å²) >= 11 is 0. The Labute approximate surface area is 859 Å². The van der Waals surface area contributed by atoms with Gasteiger partial charge >= 0.3 is 0 Å². The maximum Gasteiger partial charge on any atom is 0.264 e. The number of benzene rings is 4. The minimum absolute atomic E-state index is 0.166. The lowest BCUT2D eigenvalue weighted by atomic mass is 10.0. The van der Waals surface area contributed by atoms with Crippen molar-refractivity contribution in [3.8, 4) is 69.0 Å². The van der Waals surface area contributed by atoms with E-state index < -0.39 is 42.4 Å². The Morgan fingerprint density at radius 2 is 0.726 bits per heavy atom. The molecule has 40 heteroatoms. The van der Waals surface area contributed by atoms with E-state index in [1.807, 2.05) is 165 Å². The quantitative estimate of drug-likeness (QED) is 0.0195. The summed E-state index contributed by atoms with van der Waals surface area (Å²) in [5.41, 5.74) is 17.1. The van der Waals surface area contributed by atoms with Gasteiger partial charge in [-0.15, -0.1) is 0 Å². The highest BCUT2D eigenvalue weighted by Crippen LogP contribution is 2.36. The molecule has 6 aliphatic rings. The van der Waals surface area contributed by atoms with Gasteiger partial charge in [0, 0.05) is 250 Å². The summed E-state index contributed by atoms with van der Waals surface area (Å²) in [6.07, 6.45) is 19.5. The third kappa shape index (κ3) is 31.7. The number of methoxy groups -OCH3 is 1. The molecule has 0 radical (unpaired) electrons. The molecule has 13 aromatic rings. The molecule has 3 fully saturated rings. The van der Waals surface area contributed by atoms with Gasteiger partial charge in [0.05, 0.1) is 116 Å². The second kappa shape index (κ2) is 50.4. The molecule has 6 aliphatic heterocycles. The molecule has 35 nitrogen and oxygen atoms in total. The number of hydrogen-bond acceptors (Lipinski definition) is 30. The molecule has 0 aliphatic carbocycles. The predicted octanol–water partition coefficient (Wildman–Crippen LogP) is 18.8. The van der Waals surface area contributed by atoms with Crippen LogP contribution in [0.3, 0.4) is 0 Å². The van der Waals surface area contributed by atoms with Gasteiger partial charge in [-0.2, -0.15) is 33.9 Å². The summed E-state index contributed by atoms with van der Waals surface area (Å²) < 4.78 is 107. The number of morpholine rings is 3. The van der Waals surface area contributed by atoms with E-state index in [0.717, 1.165) is 250 Å². The van der Waals surface area contributed by atoms with Crippen LogP contribution in [0.25, 0.3) is 66.4 Å². The van der Waals surface area contributed by atoms with Crippen LogP contribution in [0.15, 0.2) is 198 Å². The first kappa shape index (κ1) is 107. The minimum Gasteiger partial charge on any atom is -0.439 e. The highest BCUT2D eigenvalue weighted by atomic mass is 32.2. The highest BCUT2D eigenvalue weighted by molar-refractivity contribution is 7.85. The summed E-state index contributed by atoms with van der Waals surface area (Å²) in [5.74, 6) is 4.88. The van der Waals surface area contributed by atoms with Crippen molar-refractivity contribution >= 4 is 104 Å². The molecule has 9 aromatic heterocycles. The van der Waals surface area contributed by atoms with Crippen LogP contribution < -0.4 is 18.9 Å². The molecular formula is C106H138N20O15SSi4. The number of aliphatic imine (C=N–C) groups is 3. The molecule has 19 rings (SSSR count). The lowest BCUT2D eigenvalue weighted by Crippen LogP contribution is -2.39. The number of nitrogens with zero attached hydrogens (tertiary/aromatic N) is 20. The monoisotopic (exact) mass is 2070 g/mol. The maximum atomic E-state index is 11.6. The molecule has 774 valence electrons. The third-order valence-corrected chi connectivity index (χ3v) is 32.4. The van der Waals surface area contributed by atoms with E-state index in [2.05, 4.69) is 163 Å². The number of fused-ring (bicyclic) bond motifs is 4. The van der Waals surface area contributed by atoms with Gasteiger partial charge < -0.3 is 56.8 Å². The zero-order valence-corrected chi connectivity index (χ0v) is 91.4. The summed E-state index contributed by atoms with van der Waals surface area (Å²) in [6.45, 7) is 47.4. The molecule has 0 bridgehead atoms. The van der Waals surface area contributed by atoms with E-state index in [1.165, 1.54) is 16.7 Å². The molecule has 0 unspecified atom stereocenters. The molecule has 0 N–H and O–H groups in total. The SMILES string of the molecule is C1=NCC(c2ccc(Oc3ccc4c(c3)CN=C4CN3CCOCC3)nc2)=C1.COCn1nc(CN2CCOCC2)c2ccc(Oc3ccc(C4=CC=NC4)cn3)cc21.C[Si](C)(C)CCOCn1nccc1-c1ccc(Oc2ccc3c(CN4CCOCC4)nn(COCC[Si](C)(C)C)c3c2)nc1.C[Si](C)(C)CCOCn1nccc1-c1ccc(Oc2ccc3c(COS(C)(=O)=O)nn(COCC[Si](C)(C)C)c3c2)nc1. The van der Waals surface area contributed by atoms with Crippen LogP contribution in [0, 0.1) is 0 Å². The van der Waals surface area contributed by atoms with Gasteiger partial charge in [0.25, 0.3) is 10.1 Å². The van der Waals surface area contributed by atoms with Crippen LogP contribution in [-0.2, 0) is 112 Å². The van der Waals surface area contributed by atoms with Crippen molar-refractivity contribution in [1.29, 1.82) is 0 Å². The van der Waals surface area contributed by atoms with E-state index in [0.29, 0.717) is 93.1 Å². The average molecular weight is 2080 g/mol. The first-order valence-electron chi connectivity index (χ1n) is 50.0. The van der Waals surface area contributed by atoms with Crippen LogP contribution in [0.4, 0.5) is 0 Å². The molecule has 4 aromatic carbocycles. The predicted molar refractivity (Wildman–Crippen MR) is 581 cm³/mol. The Morgan fingerprint density at radius 3 is 1.08 bits per heavy atom. The van der Waals surface area contributed by atoms with Crippen molar-refractivity contribution in [2.75, 3.05) is 138 Å². The first-order chi connectivity index (χ1) is 70.4. The van der Waals surface area contributed by atoms with Crippen molar-refractivity contribution < 1.29 is 69.4 Å². The van der Waals surface area contributed by atoms with E-state index in [4.69, 9.17) is 76.2 Å². The Kier molecular flexibility index (Phi) is 36.9. The van der Waals surface area contributed by atoms with E-state index in [9.17, 15) is 8.42 Å². The Hall–Kier alpha value is -11.7. The van der Waals surface area contributed by atoms with Gasteiger partial charge in [-0.3, -0.25) is 33.9 Å². The molecule has 0 atom stereocenters. The second-order valence-corrected chi connectivity index (χ2v) is 65.8. The fourth-order valence-electron chi connectivity index (χ4n) is 16.6. The minimum atomic E-state index is -3.62. The number of ether oxygens (including phenoxy) is 12. The van der Waals surface area contributed by atoms with Crippen LogP contribution in [0.2, 0.25) is 103 Å². The molecule has 0 amide bonds. The number of rotatable bonds is 43. The second-order valence-electron chi connectivity index (χ2n) is 41.6. The lowest BCUT2D eigenvalue weighted by molar-refractivity contribution is 0.0333. The van der Waals surface area contributed by atoms with E-state index in [-0.39, 0.29) is 13.3 Å².